The number of imide groups is 1. The van der Waals surface area contributed by atoms with Crippen LogP contribution in [0.1, 0.15) is 10.4 Å². The summed E-state index contributed by atoms with van der Waals surface area (Å²) in [6.07, 6.45) is 0. The van der Waals surface area contributed by atoms with Gasteiger partial charge in [0.2, 0.25) is 6.79 Å². The van der Waals surface area contributed by atoms with E-state index in [0.29, 0.717) is 11.5 Å². The van der Waals surface area contributed by atoms with E-state index in [1.54, 1.807) is 6.07 Å². The maximum Gasteiger partial charge on any atom is 0.338 e. The fraction of sp³-hybridized carbons (Fsp3) is 0.250. The lowest BCUT2D eigenvalue weighted by atomic mass is 10.2. The molecule has 1 aromatic rings. The summed E-state index contributed by atoms with van der Waals surface area (Å²) in [5.41, 5.74) is 0.224. The van der Waals surface area contributed by atoms with Crippen LogP contribution in [0.25, 0.3) is 0 Å². The molecule has 2 N–H and O–H groups in total. The van der Waals surface area contributed by atoms with Gasteiger partial charge in [-0.2, -0.15) is 0 Å². The predicted molar refractivity (Wildman–Crippen MR) is 65.4 cm³/mol. The summed E-state index contributed by atoms with van der Waals surface area (Å²) in [6, 6.07) is 3.85. The molecule has 0 atom stereocenters. The summed E-state index contributed by atoms with van der Waals surface area (Å²) in [7, 11) is 1.36. The number of carbonyl (C=O) groups is 3. The molecular weight excluding hydrogens is 268 g/mol. The molecule has 20 heavy (non-hydrogen) atoms. The van der Waals surface area contributed by atoms with Gasteiger partial charge in [-0.1, -0.05) is 0 Å². The normalized spacial score (nSPS) is 11.7. The molecule has 0 spiro atoms. The Labute approximate surface area is 114 Å². The van der Waals surface area contributed by atoms with Crippen molar-refractivity contribution in [3.8, 4) is 11.5 Å². The molecule has 1 aliphatic heterocycles. The second-order valence-corrected chi connectivity index (χ2v) is 3.77. The van der Waals surface area contributed by atoms with Crippen LogP contribution in [0.4, 0.5) is 4.79 Å². The van der Waals surface area contributed by atoms with E-state index in [2.05, 4.69) is 5.32 Å². The van der Waals surface area contributed by atoms with Gasteiger partial charge in [-0.25, -0.2) is 9.59 Å². The van der Waals surface area contributed by atoms with Crippen molar-refractivity contribution < 1.29 is 28.6 Å². The second-order valence-electron chi connectivity index (χ2n) is 3.77. The molecule has 8 nitrogen and oxygen atoms in total. The average molecular weight is 280 g/mol. The van der Waals surface area contributed by atoms with Crippen molar-refractivity contribution in [2.24, 2.45) is 0 Å². The molecule has 0 bridgehead atoms. The molecule has 1 aromatic carbocycles. The first-order chi connectivity index (χ1) is 9.60. The SMILES string of the molecule is CNC(=O)NC(=O)COC(=O)c1ccc2c(c1)OCO2. The van der Waals surface area contributed by atoms with Gasteiger partial charge in [0, 0.05) is 7.05 Å². The van der Waals surface area contributed by atoms with Crippen molar-refractivity contribution >= 4 is 17.9 Å². The van der Waals surface area contributed by atoms with Crippen LogP contribution in [0.3, 0.4) is 0 Å². The van der Waals surface area contributed by atoms with Gasteiger partial charge in [0.1, 0.15) is 0 Å². The average Bonchev–Trinajstić information content (AvgIpc) is 2.91. The van der Waals surface area contributed by atoms with Crippen molar-refractivity contribution in [3.05, 3.63) is 23.8 Å². The number of amides is 3. The zero-order chi connectivity index (χ0) is 14.5. The zero-order valence-electron chi connectivity index (χ0n) is 10.6. The number of esters is 1. The van der Waals surface area contributed by atoms with E-state index in [9.17, 15) is 14.4 Å². The Kier molecular flexibility index (Phi) is 4.04. The van der Waals surface area contributed by atoms with E-state index >= 15 is 0 Å². The van der Waals surface area contributed by atoms with E-state index in [0.717, 1.165) is 0 Å². The van der Waals surface area contributed by atoms with Gasteiger partial charge >= 0.3 is 12.0 Å². The Balaban J connectivity index is 1.89. The third-order valence-electron chi connectivity index (χ3n) is 2.42. The van der Waals surface area contributed by atoms with E-state index in [1.165, 1.54) is 19.2 Å². The Bertz CT molecular complexity index is 557. The summed E-state index contributed by atoms with van der Waals surface area (Å²) in [4.78, 5) is 33.8. The fourth-order valence-corrected chi connectivity index (χ4v) is 1.46. The highest BCUT2D eigenvalue weighted by Gasteiger charge is 2.17. The van der Waals surface area contributed by atoms with Crippen molar-refractivity contribution in [1.29, 1.82) is 0 Å². The lowest BCUT2D eigenvalue weighted by Gasteiger charge is -2.05. The Hall–Kier alpha value is -2.77. The molecule has 2 rings (SSSR count). The molecule has 1 heterocycles. The van der Waals surface area contributed by atoms with Crippen LogP contribution in [0, 0.1) is 0 Å². The first-order valence-electron chi connectivity index (χ1n) is 5.68. The van der Waals surface area contributed by atoms with Crippen LogP contribution in [-0.2, 0) is 9.53 Å². The zero-order valence-corrected chi connectivity index (χ0v) is 10.6. The maximum absolute atomic E-state index is 11.7. The number of hydrogen-bond acceptors (Lipinski definition) is 6. The van der Waals surface area contributed by atoms with E-state index in [1.807, 2.05) is 5.32 Å². The Morgan fingerprint density at radius 3 is 2.75 bits per heavy atom. The summed E-state index contributed by atoms with van der Waals surface area (Å²) >= 11 is 0. The van der Waals surface area contributed by atoms with Crippen LogP contribution >= 0.6 is 0 Å². The number of ether oxygens (including phenoxy) is 3. The molecule has 0 aliphatic carbocycles. The Morgan fingerprint density at radius 1 is 1.25 bits per heavy atom. The van der Waals surface area contributed by atoms with E-state index in [4.69, 9.17) is 14.2 Å². The molecule has 0 fully saturated rings. The van der Waals surface area contributed by atoms with Gasteiger partial charge < -0.3 is 19.5 Å². The minimum absolute atomic E-state index is 0.0996. The maximum atomic E-state index is 11.7. The summed E-state index contributed by atoms with van der Waals surface area (Å²) in [5, 5.41) is 4.17. The number of urea groups is 1. The van der Waals surface area contributed by atoms with Crippen molar-refractivity contribution in [2.45, 2.75) is 0 Å². The molecule has 0 saturated heterocycles. The number of carbonyl (C=O) groups excluding carboxylic acids is 3. The molecule has 0 unspecified atom stereocenters. The summed E-state index contributed by atoms with van der Waals surface area (Å²) in [6.45, 7) is -0.455. The number of hydrogen-bond donors (Lipinski definition) is 2. The first-order valence-corrected chi connectivity index (χ1v) is 5.68. The molecule has 0 saturated carbocycles. The monoisotopic (exact) mass is 280 g/mol. The van der Waals surface area contributed by atoms with Gasteiger partial charge in [0.25, 0.3) is 5.91 Å². The van der Waals surface area contributed by atoms with Crippen molar-refractivity contribution in [2.75, 3.05) is 20.4 Å². The highest BCUT2D eigenvalue weighted by Crippen LogP contribution is 2.32. The Morgan fingerprint density at radius 2 is 2.00 bits per heavy atom. The van der Waals surface area contributed by atoms with Gasteiger partial charge in [-0.3, -0.25) is 10.1 Å². The molecule has 106 valence electrons. The lowest BCUT2D eigenvalue weighted by Crippen LogP contribution is -2.39. The van der Waals surface area contributed by atoms with Gasteiger partial charge in [-0.15, -0.1) is 0 Å². The van der Waals surface area contributed by atoms with Gasteiger partial charge in [0.15, 0.2) is 18.1 Å². The highest BCUT2D eigenvalue weighted by atomic mass is 16.7. The van der Waals surface area contributed by atoms with Gasteiger partial charge in [-0.05, 0) is 18.2 Å². The standard InChI is InChI=1S/C12H12N2O6/c1-13-12(17)14-10(15)5-18-11(16)7-2-3-8-9(4-7)20-6-19-8/h2-4H,5-6H2,1H3,(H2,13,14,15,17). The molecule has 3 amide bonds. The first kappa shape index (κ1) is 13.7. The van der Waals surface area contributed by atoms with Crippen molar-refractivity contribution in [1.82, 2.24) is 10.6 Å². The molecule has 0 aromatic heterocycles. The second kappa shape index (κ2) is 5.91. The number of fused-ring (bicyclic) bond motifs is 1. The van der Waals surface area contributed by atoms with Crippen LogP contribution in [0.2, 0.25) is 0 Å². The number of nitrogens with one attached hydrogen (secondary N) is 2. The van der Waals surface area contributed by atoms with Crippen LogP contribution in [0.5, 0.6) is 11.5 Å². The van der Waals surface area contributed by atoms with Gasteiger partial charge in [0.05, 0.1) is 5.56 Å². The number of benzene rings is 1. The minimum Gasteiger partial charge on any atom is -0.454 e. The largest absolute Gasteiger partial charge is 0.454 e. The van der Waals surface area contributed by atoms with Crippen LogP contribution in [0.15, 0.2) is 18.2 Å². The highest BCUT2D eigenvalue weighted by molar-refractivity contribution is 5.97. The topological polar surface area (TPSA) is 103 Å². The summed E-state index contributed by atoms with van der Waals surface area (Å²) in [5.74, 6) is -0.443. The van der Waals surface area contributed by atoms with E-state index in [-0.39, 0.29) is 12.4 Å². The summed E-state index contributed by atoms with van der Waals surface area (Å²) < 4.78 is 15.0. The smallest absolute Gasteiger partial charge is 0.338 e. The lowest BCUT2D eigenvalue weighted by molar-refractivity contribution is -0.123. The molecule has 1 aliphatic rings. The van der Waals surface area contributed by atoms with E-state index < -0.39 is 24.5 Å². The number of rotatable bonds is 3. The fourth-order valence-electron chi connectivity index (χ4n) is 1.46. The quantitative estimate of drug-likeness (QED) is 0.757. The van der Waals surface area contributed by atoms with Crippen LogP contribution < -0.4 is 20.1 Å². The van der Waals surface area contributed by atoms with Crippen molar-refractivity contribution in [3.63, 3.8) is 0 Å². The molecule has 0 radical (unpaired) electrons. The minimum atomic E-state index is -0.724. The van der Waals surface area contributed by atoms with Crippen LogP contribution in [-0.4, -0.2) is 38.4 Å². The third kappa shape index (κ3) is 3.16. The predicted octanol–water partition coefficient (Wildman–Crippen LogP) is 0.0277. The third-order valence-corrected chi connectivity index (χ3v) is 2.42. The molecule has 8 heteroatoms. The molecular formula is C12H12N2O6.